The number of methoxy groups -OCH3 is 1. The first kappa shape index (κ1) is 12.3. The molecule has 0 aliphatic heterocycles. The molecular formula is C15H13NO4. The quantitative estimate of drug-likeness (QED) is 0.792. The highest BCUT2D eigenvalue weighted by Gasteiger charge is 2.17. The van der Waals surface area contributed by atoms with Crippen LogP contribution in [0.3, 0.4) is 0 Å². The van der Waals surface area contributed by atoms with E-state index in [2.05, 4.69) is 0 Å². The fourth-order valence-corrected chi connectivity index (χ4v) is 2.33. The number of nitrogens with zero attached hydrogens (tertiary/aromatic N) is 1. The van der Waals surface area contributed by atoms with E-state index in [4.69, 9.17) is 9.15 Å². The lowest BCUT2D eigenvalue weighted by Gasteiger charge is -2.11. The molecule has 0 fully saturated rings. The summed E-state index contributed by atoms with van der Waals surface area (Å²) in [4.78, 5) is 11.3. The minimum Gasteiger partial charge on any atom is -0.496 e. The Morgan fingerprint density at radius 2 is 2.15 bits per heavy atom. The number of aromatic nitrogens is 1. The van der Waals surface area contributed by atoms with Gasteiger partial charge < -0.3 is 18.8 Å². The van der Waals surface area contributed by atoms with Gasteiger partial charge in [-0.2, -0.15) is 0 Å². The van der Waals surface area contributed by atoms with Crippen LogP contribution in [0.4, 0.5) is 0 Å². The number of furan rings is 1. The van der Waals surface area contributed by atoms with Crippen molar-refractivity contribution in [3.63, 3.8) is 0 Å². The third-order valence-corrected chi connectivity index (χ3v) is 3.26. The Labute approximate surface area is 115 Å². The Kier molecular flexibility index (Phi) is 2.95. The van der Waals surface area contributed by atoms with E-state index in [0.29, 0.717) is 12.1 Å². The van der Waals surface area contributed by atoms with E-state index in [0.717, 1.165) is 16.8 Å². The van der Waals surface area contributed by atoms with Crippen molar-refractivity contribution in [3.05, 3.63) is 53.9 Å². The second kappa shape index (κ2) is 4.77. The van der Waals surface area contributed by atoms with Crippen molar-refractivity contribution in [2.24, 2.45) is 0 Å². The molecule has 102 valence electrons. The maximum atomic E-state index is 11.3. The monoisotopic (exact) mass is 271 g/mol. The van der Waals surface area contributed by atoms with E-state index in [1.54, 1.807) is 24.0 Å². The molecule has 20 heavy (non-hydrogen) atoms. The van der Waals surface area contributed by atoms with Gasteiger partial charge in [-0.05, 0) is 6.07 Å². The van der Waals surface area contributed by atoms with Gasteiger partial charge >= 0.3 is 5.97 Å². The van der Waals surface area contributed by atoms with Crippen LogP contribution in [0.1, 0.15) is 16.1 Å². The summed E-state index contributed by atoms with van der Waals surface area (Å²) in [5.41, 5.74) is 2.44. The Morgan fingerprint density at radius 1 is 1.35 bits per heavy atom. The van der Waals surface area contributed by atoms with Gasteiger partial charge in [0, 0.05) is 17.7 Å². The molecule has 0 spiro atoms. The van der Waals surface area contributed by atoms with Crippen LogP contribution in [-0.2, 0) is 6.54 Å². The molecule has 0 radical (unpaired) electrons. The maximum Gasteiger partial charge on any atom is 0.352 e. The van der Waals surface area contributed by atoms with Gasteiger partial charge in [-0.15, -0.1) is 0 Å². The molecule has 3 rings (SSSR count). The molecule has 2 aromatic heterocycles. The zero-order chi connectivity index (χ0) is 14.1. The summed E-state index contributed by atoms with van der Waals surface area (Å²) in [7, 11) is 1.60. The third kappa shape index (κ3) is 1.93. The van der Waals surface area contributed by atoms with E-state index < -0.39 is 5.97 Å². The SMILES string of the molecule is COc1ccccc1Cn1c(C(=O)O)cc2occc21. The molecule has 1 N–H and O–H groups in total. The number of carbonyl (C=O) groups is 1. The van der Waals surface area contributed by atoms with Crippen molar-refractivity contribution in [3.8, 4) is 5.75 Å². The number of fused-ring (bicyclic) bond motifs is 1. The number of carboxylic acid groups (broad SMARTS) is 1. The van der Waals surface area contributed by atoms with Crippen molar-refractivity contribution in [1.82, 2.24) is 4.57 Å². The summed E-state index contributed by atoms with van der Waals surface area (Å²) in [6, 6.07) is 10.8. The molecule has 0 aliphatic rings. The van der Waals surface area contributed by atoms with Gasteiger partial charge in [-0.3, -0.25) is 0 Å². The van der Waals surface area contributed by atoms with Crippen molar-refractivity contribution < 1.29 is 19.1 Å². The summed E-state index contributed by atoms with van der Waals surface area (Å²) in [6.07, 6.45) is 1.55. The number of hydrogen-bond acceptors (Lipinski definition) is 3. The summed E-state index contributed by atoms with van der Waals surface area (Å²) in [5, 5.41) is 9.30. The average molecular weight is 271 g/mol. The van der Waals surface area contributed by atoms with E-state index >= 15 is 0 Å². The van der Waals surface area contributed by atoms with Crippen LogP contribution < -0.4 is 4.74 Å². The van der Waals surface area contributed by atoms with Crippen LogP contribution in [0, 0.1) is 0 Å². The largest absolute Gasteiger partial charge is 0.496 e. The molecule has 3 aromatic rings. The lowest BCUT2D eigenvalue weighted by atomic mass is 10.2. The molecule has 1 aromatic carbocycles. The first-order valence-corrected chi connectivity index (χ1v) is 6.12. The van der Waals surface area contributed by atoms with Gasteiger partial charge in [0.1, 0.15) is 11.4 Å². The van der Waals surface area contributed by atoms with Gasteiger partial charge in [0.25, 0.3) is 0 Å². The van der Waals surface area contributed by atoms with Gasteiger partial charge in [-0.1, -0.05) is 18.2 Å². The first-order valence-electron chi connectivity index (χ1n) is 6.12. The van der Waals surface area contributed by atoms with Crippen molar-refractivity contribution >= 4 is 17.1 Å². The summed E-state index contributed by atoms with van der Waals surface area (Å²) in [6.45, 7) is 0.411. The Hall–Kier alpha value is -2.69. The predicted octanol–water partition coefficient (Wildman–Crippen LogP) is 2.99. The van der Waals surface area contributed by atoms with Crippen molar-refractivity contribution in [2.45, 2.75) is 6.54 Å². The predicted molar refractivity (Wildman–Crippen MR) is 73.3 cm³/mol. The van der Waals surface area contributed by atoms with E-state index in [-0.39, 0.29) is 5.69 Å². The van der Waals surface area contributed by atoms with Gasteiger partial charge in [-0.25, -0.2) is 4.79 Å². The number of ether oxygens (including phenoxy) is 1. The van der Waals surface area contributed by atoms with Crippen molar-refractivity contribution in [2.75, 3.05) is 7.11 Å². The van der Waals surface area contributed by atoms with E-state index in [1.807, 2.05) is 24.3 Å². The summed E-state index contributed by atoms with van der Waals surface area (Å²) >= 11 is 0. The second-order valence-corrected chi connectivity index (χ2v) is 4.40. The highest BCUT2D eigenvalue weighted by molar-refractivity contribution is 5.92. The molecule has 0 saturated carbocycles. The maximum absolute atomic E-state index is 11.3. The Balaban J connectivity index is 2.11. The van der Waals surface area contributed by atoms with Gasteiger partial charge in [0.05, 0.1) is 25.4 Å². The molecule has 0 unspecified atom stereocenters. The molecule has 0 aliphatic carbocycles. The molecule has 0 amide bonds. The van der Waals surface area contributed by atoms with Gasteiger partial charge in [0.15, 0.2) is 5.58 Å². The molecule has 2 heterocycles. The second-order valence-electron chi connectivity index (χ2n) is 4.40. The summed E-state index contributed by atoms with van der Waals surface area (Å²) < 4.78 is 12.3. The number of benzene rings is 1. The normalized spacial score (nSPS) is 10.8. The molecule has 0 bridgehead atoms. The fourth-order valence-electron chi connectivity index (χ4n) is 2.33. The van der Waals surface area contributed by atoms with Crippen LogP contribution >= 0.6 is 0 Å². The molecule has 5 heteroatoms. The highest BCUT2D eigenvalue weighted by Crippen LogP contribution is 2.25. The summed E-state index contributed by atoms with van der Waals surface area (Å²) in [5.74, 6) is -0.250. The van der Waals surface area contributed by atoms with Crippen LogP contribution in [-0.4, -0.2) is 22.8 Å². The molecular weight excluding hydrogens is 258 g/mol. The average Bonchev–Trinajstić information content (AvgIpc) is 3.02. The lowest BCUT2D eigenvalue weighted by Crippen LogP contribution is -2.09. The zero-order valence-corrected chi connectivity index (χ0v) is 10.9. The number of hydrogen-bond donors (Lipinski definition) is 1. The number of carboxylic acids is 1. The topological polar surface area (TPSA) is 64.6 Å². The third-order valence-electron chi connectivity index (χ3n) is 3.26. The standard InChI is InChI=1S/C15H13NO4/c1-19-13-5-3-2-4-10(13)9-16-11-6-7-20-14(11)8-12(16)15(17)18/h2-8H,9H2,1H3,(H,17,18). The Bertz CT molecular complexity index is 769. The molecule has 5 nitrogen and oxygen atoms in total. The lowest BCUT2D eigenvalue weighted by molar-refractivity contribution is 0.0686. The highest BCUT2D eigenvalue weighted by atomic mass is 16.5. The van der Waals surface area contributed by atoms with Crippen LogP contribution in [0.2, 0.25) is 0 Å². The van der Waals surface area contributed by atoms with Crippen LogP contribution in [0.15, 0.2) is 47.1 Å². The minimum absolute atomic E-state index is 0.199. The smallest absolute Gasteiger partial charge is 0.352 e. The Morgan fingerprint density at radius 3 is 2.90 bits per heavy atom. The van der Waals surface area contributed by atoms with Crippen molar-refractivity contribution in [1.29, 1.82) is 0 Å². The zero-order valence-electron chi connectivity index (χ0n) is 10.9. The minimum atomic E-state index is -0.980. The number of aromatic carboxylic acids is 1. The number of rotatable bonds is 4. The molecule has 0 atom stereocenters. The van der Waals surface area contributed by atoms with E-state index in [9.17, 15) is 9.90 Å². The van der Waals surface area contributed by atoms with Crippen LogP contribution in [0.5, 0.6) is 5.75 Å². The van der Waals surface area contributed by atoms with Crippen LogP contribution in [0.25, 0.3) is 11.1 Å². The first-order chi connectivity index (χ1) is 9.70. The van der Waals surface area contributed by atoms with Gasteiger partial charge in [0.2, 0.25) is 0 Å². The number of para-hydroxylation sites is 1. The fraction of sp³-hybridized carbons (Fsp3) is 0.133. The van der Waals surface area contributed by atoms with E-state index in [1.165, 1.54) is 6.07 Å². The molecule has 0 saturated heterocycles.